The fourth-order valence-electron chi connectivity index (χ4n) is 3.88. The summed E-state index contributed by atoms with van der Waals surface area (Å²) in [7, 11) is 0. The molecule has 2 heterocycles. The standard InChI is InChI=1S/C26H38N4O3S/c1-3-4-12-27-26(32)29(14-13-28-15-17-33-18-16-28)21-25(31)30(19-23-8-6-5-7-9-23)20-24-11-10-22(2)34-24/h5-11H,3-4,12-21H2,1-2H3,(H,27,32). The third-order valence-electron chi connectivity index (χ3n) is 5.92. The number of benzene rings is 1. The lowest BCUT2D eigenvalue weighted by Gasteiger charge is -2.31. The van der Waals surface area contributed by atoms with Crippen LogP contribution in [-0.2, 0) is 22.6 Å². The van der Waals surface area contributed by atoms with Crippen molar-refractivity contribution >= 4 is 23.3 Å². The molecule has 0 bridgehead atoms. The van der Waals surface area contributed by atoms with Gasteiger partial charge in [0.05, 0.1) is 19.8 Å². The first-order chi connectivity index (χ1) is 16.5. The molecule has 1 aromatic carbocycles. The normalized spacial score (nSPS) is 14.1. The van der Waals surface area contributed by atoms with Gasteiger partial charge in [-0.15, -0.1) is 11.3 Å². The first kappa shape index (κ1) is 26.2. The number of rotatable bonds is 12. The van der Waals surface area contributed by atoms with Gasteiger partial charge in [0.1, 0.15) is 6.54 Å². The Morgan fingerprint density at radius 3 is 2.50 bits per heavy atom. The minimum absolute atomic E-state index is 0.0393. The smallest absolute Gasteiger partial charge is 0.317 e. The average molecular weight is 487 g/mol. The van der Waals surface area contributed by atoms with Gasteiger partial charge in [0, 0.05) is 49.0 Å². The summed E-state index contributed by atoms with van der Waals surface area (Å²) in [5.41, 5.74) is 1.08. The van der Waals surface area contributed by atoms with Crippen molar-refractivity contribution in [1.29, 1.82) is 0 Å². The SMILES string of the molecule is CCCCNC(=O)N(CCN1CCOCC1)CC(=O)N(Cc1ccccc1)Cc1ccc(C)s1. The number of urea groups is 1. The maximum atomic E-state index is 13.5. The Hall–Kier alpha value is -2.42. The summed E-state index contributed by atoms with van der Waals surface area (Å²) in [5, 5.41) is 2.99. The Morgan fingerprint density at radius 2 is 1.82 bits per heavy atom. The van der Waals surface area contributed by atoms with Gasteiger partial charge in [-0.05, 0) is 31.0 Å². The van der Waals surface area contributed by atoms with E-state index in [4.69, 9.17) is 4.74 Å². The number of morpholine rings is 1. The molecule has 0 atom stereocenters. The van der Waals surface area contributed by atoms with E-state index in [1.807, 2.05) is 35.2 Å². The Kier molecular flexibility index (Phi) is 10.9. The van der Waals surface area contributed by atoms with Gasteiger partial charge in [-0.25, -0.2) is 4.79 Å². The van der Waals surface area contributed by atoms with Crippen molar-refractivity contribution in [3.8, 4) is 0 Å². The summed E-state index contributed by atoms with van der Waals surface area (Å²) < 4.78 is 5.44. The fourth-order valence-corrected chi connectivity index (χ4v) is 4.79. The van der Waals surface area contributed by atoms with Crippen molar-refractivity contribution in [2.24, 2.45) is 0 Å². The topological polar surface area (TPSA) is 65.1 Å². The summed E-state index contributed by atoms with van der Waals surface area (Å²) in [6, 6.07) is 14.0. The molecule has 0 saturated carbocycles. The molecule has 8 heteroatoms. The largest absolute Gasteiger partial charge is 0.379 e. The van der Waals surface area contributed by atoms with Crippen LogP contribution in [0.1, 0.15) is 35.1 Å². The highest BCUT2D eigenvalue weighted by molar-refractivity contribution is 7.11. The van der Waals surface area contributed by atoms with Crippen molar-refractivity contribution in [3.05, 3.63) is 57.8 Å². The van der Waals surface area contributed by atoms with Gasteiger partial charge in [0.15, 0.2) is 0 Å². The molecular weight excluding hydrogens is 448 g/mol. The first-order valence-corrected chi connectivity index (χ1v) is 13.1. The zero-order valence-electron chi connectivity index (χ0n) is 20.5. The number of carbonyl (C=O) groups is 2. The molecule has 2 aromatic rings. The second-order valence-corrected chi connectivity index (χ2v) is 10.1. The van der Waals surface area contributed by atoms with Gasteiger partial charge in [-0.2, -0.15) is 0 Å². The maximum absolute atomic E-state index is 13.5. The van der Waals surface area contributed by atoms with Crippen molar-refractivity contribution in [3.63, 3.8) is 0 Å². The number of carbonyl (C=O) groups excluding carboxylic acids is 2. The molecule has 3 rings (SSSR count). The van der Waals surface area contributed by atoms with Gasteiger partial charge in [0.25, 0.3) is 0 Å². The molecule has 1 N–H and O–H groups in total. The van der Waals surface area contributed by atoms with Crippen LogP contribution in [0.3, 0.4) is 0 Å². The molecule has 1 saturated heterocycles. The Morgan fingerprint density at radius 1 is 1.06 bits per heavy atom. The lowest BCUT2D eigenvalue weighted by Crippen LogP contribution is -2.50. The van der Waals surface area contributed by atoms with Crippen LogP contribution in [-0.4, -0.2) is 79.1 Å². The van der Waals surface area contributed by atoms with E-state index in [2.05, 4.69) is 36.2 Å². The predicted molar refractivity (Wildman–Crippen MR) is 137 cm³/mol. The average Bonchev–Trinajstić information content (AvgIpc) is 3.27. The fraction of sp³-hybridized carbons (Fsp3) is 0.538. The molecule has 0 aliphatic carbocycles. The highest BCUT2D eigenvalue weighted by Gasteiger charge is 2.23. The number of hydrogen-bond acceptors (Lipinski definition) is 5. The summed E-state index contributed by atoms with van der Waals surface area (Å²) in [5.74, 6) is -0.0393. The third kappa shape index (κ3) is 8.74. The van der Waals surface area contributed by atoms with Crippen LogP contribution in [0.25, 0.3) is 0 Å². The van der Waals surface area contributed by atoms with E-state index in [0.29, 0.717) is 39.4 Å². The molecule has 1 aromatic heterocycles. The summed E-state index contributed by atoms with van der Waals surface area (Å²) in [6.45, 7) is 10.3. The molecule has 0 unspecified atom stereocenters. The van der Waals surface area contributed by atoms with Gasteiger partial charge in [0.2, 0.25) is 5.91 Å². The van der Waals surface area contributed by atoms with Crippen LogP contribution < -0.4 is 5.32 Å². The van der Waals surface area contributed by atoms with E-state index in [1.165, 1.54) is 4.88 Å². The van der Waals surface area contributed by atoms with Gasteiger partial charge in [-0.3, -0.25) is 9.69 Å². The minimum atomic E-state index is -0.165. The number of thiophene rings is 1. The van der Waals surface area contributed by atoms with E-state index in [1.54, 1.807) is 16.2 Å². The second-order valence-electron chi connectivity index (χ2n) is 8.71. The van der Waals surface area contributed by atoms with Gasteiger partial charge in [-0.1, -0.05) is 43.7 Å². The number of ether oxygens (including phenoxy) is 1. The number of unbranched alkanes of at least 4 members (excludes halogenated alkanes) is 1. The molecular formula is C26H38N4O3S. The van der Waals surface area contributed by atoms with Crippen LogP contribution in [0.5, 0.6) is 0 Å². The molecule has 34 heavy (non-hydrogen) atoms. The van der Waals surface area contributed by atoms with E-state index in [9.17, 15) is 9.59 Å². The monoisotopic (exact) mass is 486 g/mol. The molecule has 0 radical (unpaired) electrons. The first-order valence-electron chi connectivity index (χ1n) is 12.2. The van der Waals surface area contributed by atoms with Crippen LogP contribution >= 0.6 is 11.3 Å². The summed E-state index contributed by atoms with van der Waals surface area (Å²) in [4.78, 5) is 34.7. The van der Waals surface area contributed by atoms with Gasteiger partial charge < -0.3 is 19.9 Å². The van der Waals surface area contributed by atoms with E-state index in [-0.39, 0.29) is 18.5 Å². The minimum Gasteiger partial charge on any atom is -0.379 e. The maximum Gasteiger partial charge on any atom is 0.317 e. The van der Waals surface area contributed by atoms with Crippen LogP contribution in [0.15, 0.2) is 42.5 Å². The molecule has 0 spiro atoms. The second kappa shape index (κ2) is 14.1. The number of aryl methyl sites for hydroxylation is 1. The van der Waals surface area contributed by atoms with Crippen molar-refractivity contribution in [1.82, 2.24) is 20.0 Å². The van der Waals surface area contributed by atoms with E-state index < -0.39 is 0 Å². The molecule has 1 aliphatic rings. The number of hydrogen-bond donors (Lipinski definition) is 1. The van der Waals surface area contributed by atoms with Crippen LogP contribution in [0, 0.1) is 6.92 Å². The zero-order valence-corrected chi connectivity index (χ0v) is 21.3. The summed E-state index contributed by atoms with van der Waals surface area (Å²) in [6.07, 6.45) is 1.94. The molecule has 186 valence electrons. The van der Waals surface area contributed by atoms with Crippen LogP contribution in [0.4, 0.5) is 4.79 Å². The summed E-state index contributed by atoms with van der Waals surface area (Å²) >= 11 is 1.71. The highest BCUT2D eigenvalue weighted by atomic mass is 32.1. The van der Waals surface area contributed by atoms with Crippen molar-refractivity contribution in [2.45, 2.75) is 39.8 Å². The van der Waals surface area contributed by atoms with E-state index in [0.717, 1.165) is 42.9 Å². The Balaban J connectivity index is 1.69. The number of amides is 3. The molecule has 3 amide bonds. The molecule has 1 aliphatic heterocycles. The van der Waals surface area contributed by atoms with Gasteiger partial charge >= 0.3 is 6.03 Å². The third-order valence-corrected chi connectivity index (χ3v) is 6.91. The lowest BCUT2D eigenvalue weighted by molar-refractivity contribution is -0.133. The Bertz CT molecular complexity index is 883. The number of nitrogens with zero attached hydrogens (tertiary/aromatic N) is 3. The zero-order chi connectivity index (χ0) is 24.2. The van der Waals surface area contributed by atoms with Crippen LogP contribution in [0.2, 0.25) is 0 Å². The van der Waals surface area contributed by atoms with Crippen molar-refractivity contribution < 1.29 is 14.3 Å². The Labute approximate surface area is 207 Å². The quantitative estimate of drug-likeness (QED) is 0.465. The highest BCUT2D eigenvalue weighted by Crippen LogP contribution is 2.19. The molecule has 1 fully saturated rings. The molecule has 7 nitrogen and oxygen atoms in total. The number of nitrogens with one attached hydrogen (secondary N) is 1. The van der Waals surface area contributed by atoms with E-state index >= 15 is 0 Å². The lowest BCUT2D eigenvalue weighted by atomic mass is 10.2. The predicted octanol–water partition coefficient (Wildman–Crippen LogP) is 3.73. The van der Waals surface area contributed by atoms with Crippen molar-refractivity contribution in [2.75, 3.05) is 52.5 Å².